The van der Waals surface area contributed by atoms with Gasteiger partial charge in [-0.2, -0.15) is 0 Å². The van der Waals surface area contributed by atoms with Gasteiger partial charge in [-0.25, -0.2) is 0 Å². The summed E-state index contributed by atoms with van der Waals surface area (Å²) in [6.45, 7) is 5.25. The highest BCUT2D eigenvalue weighted by atomic mass is 32.2. The Labute approximate surface area is 59.1 Å². The molecule has 0 aromatic carbocycles. The van der Waals surface area contributed by atoms with Gasteiger partial charge in [0.25, 0.3) is 0 Å². The van der Waals surface area contributed by atoms with Crippen molar-refractivity contribution in [1.82, 2.24) is 0 Å². The number of carbonyl (C=O) groups is 1. The van der Waals surface area contributed by atoms with Crippen LogP contribution >= 0.6 is 11.8 Å². The average Bonchev–Trinajstić information content (AvgIpc) is 1.80. The fraction of sp³-hybridized carbons (Fsp3) is 0.333. The van der Waals surface area contributed by atoms with Crippen LogP contribution in [0.5, 0.6) is 0 Å². The molecule has 0 aromatic heterocycles. The van der Waals surface area contributed by atoms with Crippen molar-refractivity contribution in [1.29, 1.82) is 0 Å². The zero-order valence-corrected chi connectivity index (χ0v) is 6.15. The summed E-state index contributed by atoms with van der Waals surface area (Å²) in [5.41, 5.74) is 1.61. The predicted molar refractivity (Wildman–Crippen MR) is 41.8 cm³/mol. The van der Waals surface area contributed by atoms with Gasteiger partial charge in [-0.15, -0.1) is 0 Å². The van der Waals surface area contributed by atoms with Gasteiger partial charge in [0.1, 0.15) is 0 Å². The van der Waals surface area contributed by atoms with E-state index in [2.05, 4.69) is 11.6 Å². The van der Waals surface area contributed by atoms with Crippen LogP contribution < -0.4 is 0 Å². The van der Waals surface area contributed by atoms with Crippen LogP contribution in [0, 0.1) is 0 Å². The lowest BCUT2D eigenvalue weighted by Gasteiger charge is -1.82. The zero-order chi connectivity index (χ0) is 7.11. The van der Waals surface area contributed by atoms with Gasteiger partial charge in [0, 0.05) is 0 Å². The molecule has 0 aliphatic carbocycles. The minimum absolute atomic E-state index is 0.0795. The van der Waals surface area contributed by atoms with E-state index in [1.165, 1.54) is 18.7 Å². The van der Waals surface area contributed by atoms with Gasteiger partial charge >= 0.3 is 0 Å². The molecule has 0 radical (unpaired) electrons. The summed E-state index contributed by atoms with van der Waals surface area (Å²) in [5, 5.41) is 1.66. The van der Waals surface area contributed by atoms with E-state index in [0.29, 0.717) is 0 Å². The average molecular weight is 143 g/mol. The maximum absolute atomic E-state index is 10.3. The number of ketones is 1. The highest BCUT2D eigenvalue weighted by Crippen LogP contribution is 1.92. The van der Waals surface area contributed by atoms with Gasteiger partial charge in [0.2, 0.25) is 0 Å². The number of rotatable bonds is 4. The molecule has 9 heavy (non-hydrogen) atoms. The van der Waals surface area contributed by atoms with Gasteiger partial charge in [0.05, 0.1) is 12.1 Å². The Balaban J connectivity index is 3.24. The molecule has 0 saturated carbocycles. The monoisotopic (exact) mass is 143 g/mol. The minimum atomic E-state index is 0.0795. The Bertz CT molecular complexity index is 131. The van der Waals surface area contributed by atoms with E-state index >= 15 is 0 Å². The van der Waals surface area contributed by atoms with Gasteiger partial charge in [-0.05, 0) is 12.3 Å². The topological polar surface area (TPSA) is 29.4 Å². The number of aliphatic imine (C=N–C) groups is 1. The molecule has 3 heteroatoms. The molecule has 0 unspecified atom stereocenters. The predicted octanol–water partition coefficient (Wildman–Crippen LogP) is 1.48. The molecule has 0 atom stereocenters. The van der Waals surface area contributed by atoms with Crippen LogP contribution in [0.4, 0.5) is 0 Å². The molecule has 0 amide bonds. The van der Waals surface area contributed by atoms with Gasteiger partial charge in [-0.3, -0.25) is 9.79 Å². The summed E-state index contributed by atoms with van der Waals surface area (Å²) >= 11 is 1.37. The van der Waals surface area contributed by atoms with Crippen LogP contribution in [-0.4, -0.2) is 17.9 Å². The Kier molecular flexibility index (Phi) is 5.21. The minimum Gasteiger partial charge on any atom is -0.298 e. The van der Waals surface area contributed by atoms with E-state index < -0.39 is 0 Å². The third-order valence-corrected chi connectivity index (χ3v) is 1.01. The molecule has 0 saturated heterocycles. The second kappa shape index (κ2) is 5.56. The highest BCUT2D eigenvalue weighted by molar-refractivity contribution is 8.14. The molecular formula is C6H9NOS. The third-order valence-electron chi connectivity index (χ3n) is 0.546. The molecule has 0 heterocycles. The van der Waals surface area contributed by atoms with Crippen LogP contribution in [0.1, 0.15) is 6.92 Å². The zero-order valence-electron chi connectivity index (χ0n) is 5.33. The van der Waals surface area contributed by atoms with Crippen molar-refractivity contribution in [2.24, 2.45) is 4.99 Å². The number of hydrogen-bond donors (Lipinski definition) is 0. The number of Topliss-reactive ketones (excluding diaryl/α,β-unsaturated/α-hetero) is 1. The molecule has 0 bridgehead atoms. The first-order valence-corrected chi connectivity index (χ1v) is 3.45. The summed E-state index contributed by atoms with van der Waals surface area (Å²) in [7, 11) is 0. The van der Waals surface area contributed by atoms with E-state index in [1.807, 2.05) is 0 Å². The lowest BCUT2D eigenvalue weighted by molar-refractivity contribution is -0.115. The first kappa shape index (κ1) is 8.43. The fourth-order valence-electron chi connectivity index (χ4n) is 0.252. The van der Waals surface area contributed by atoms with Crippen molar-refractivity contribution >= 4 is 23.1 Å². The van der Waals surface area contributed by atoms with Crippen LogP contribution in [0.25, 0.3) is 0 Å². The first-order valence-electron chi connectivity index (χ1n) is 2.51. The van der Waals surface area contributed by atoms with E-state index in [1.54, 1.807) is 11.0 Å². The molecule has 0 fully saturated rings. The fourth-order valence-corrected chi connectivity index (χ4v) is 0.499. The maximum atomic E-state index is 10.3. The molecule has 0 aliphatic rings. The standard InChI is InChI=1S/C6H9NOS/c1-3-9-5-7-4-6(2)8/h3,5H,1,4H2,2H3. The van der Waals surface area contributed by atoms with Crippen LogP contribution in [0.2, 0.25) is 0 Å². The summed E-state index contributed by atoms with van der Waals surface area (Å²) in [4.78, 5) is 14.0. The van der Waals surface area contributed by atoms with E-state index in [-0.39, 0.29) is 12.3 Å². The summed E-state index contributed by atoms with van der Waals surface area (Å²) in [5.74, 6) is 0.0795. The molecule has 0 N–H and O–H groups in total. The number of hydrogen-bond acceptors (Lipinski definition) is 3. The number of carbonyl (C=O) groups excluding carboxylic acids is 1. The second-order valence-electron chi connectivity index (χ2n) is 1.45. The van der Waals surface area contributed by atoms with E-state index in [0.717, 1.165) is 0 Å². The molecule has 0 rings (SSSR count). The Morgan fingerprint density at radius 3 is 3.00 bits per heavy atom. The molecule has 50 valence electrons. The van der Waals surface area contributed by atoms with Crippen molar-refractivity contribution in [2.45, 2.75) is 6.92 Å². The second-order valence-corrected chi connectivity index (χ2v) is 2.27. The van der Waals surface area contributed by atoms with Gasteiger partial charge in [-0.1, -0.05) is 18.3 Å². The normalized spacial score (nSPS) is 9.89. The molecule has 0 spiro atoms. The smallest absolute Gasteiger partial charge is 0.151 e. The van der Waals surface area contributed by atoms with Gasteiger partial charge < -0.3 is 0 Å². The van der Waals surface area contributed by atoms with Crippen molar-refractivity contribution in [3.8, 4) is 0 Å². The molecule has 0 aromatic rings. The van der Waals surface area contributed by atoms with Gasteiger partial charge in [0.15, 0.2) is 5.78 Å². The van der Waals surface area contributed by atoms with Crippen molar-refractivity contribution < 1.29 is 4.79 Å². The molecule has 0 aliphatic heterocycles. The summed E-state index contributed by atoms with van der Waals surface area (Å²) < 4.78 is 0. The maximum Gasteiger partial charge on any atom is 0.151 e. The number of nitrogens with zero attached hydrogens (tertiary/aromatic N) is 1. The third kappa shape index (κ3) is 7.43. The quantitative estimate of drug-likeness (QED) is 0.440. The lowest BCUT2D eigenvalue weighted by Crippen LogP contribution is -1.93. The SMILES string of the molecule is C=CSC=NCC(C)=O. The summed E-state index contributed by atoms with van der Waals surface area (Å²) in [6, 6.07) is 0. The lowest BCUT2D eigenvalue weighted by atomic mass is 10.5. The van der Waals surface area contributed by atoms with Crippen LogP contribution in [0.3, 0.4) is 0 Å². The highest BCUT2D eigenvalue weighted by Gasteiger charge is 1.83. The first-order chi connectivity index (χ1) is 4.27. The Morgan fingerprint density at radius 2 is 2.56 bits per heavy atom. The van der Waals surface area contributed by atoms with E-state index in [9.17, 15) is 4.79 Å². The Morgan fingerprint density at radius 1 is 1.89 bits per heavy atom. The number of thioether (sulfide) groups is 1. The molecular weight excluding hydrogens is 134 g/mol. The van der Waals surface area contributed by atoms with E-state index in [4.69, 9.17) is 0 Å². The summed E-state index contributed by atoms with van der Waals surface area (Å²) in [6.07, 6.45) is 0. The molecule has 2 nitrogen and oxygen atoms in total. The van der Waals surface area contributed by atoms with Crippen molar-refractivity contribution in [2.75, 3.05) is 6.54 Å². The Hall–Kier alpha value is -0.570. The van der Waals surface area contributed by atoms with Crippen LogP contribution in [-0.2, 0) is 4.79 Å². The van der Waals surface area contributed by atoms with Crippen molar-refractivity contribution in [3.63, 3.8) is 0 Å². The van der Waals surface area contributed by atoms with Crippen LogP contribution in [0.15, 0.2) is 17.0 Å². The van der Waals surface area contributed by atoms with Crippen molar-refractivity contribution in [3.05, 3.63) is 12.0 Å². The largest absolute Gasteiger partial charge is 0.298 e.